The maximum atomic E-state index is 11.6. The quantitative estimate of drug-likeness (QED) is 0.489. The number of pyridine rings is 1. The Morgan fingerprint density at radius 1 is 1.18 bits per heavy atom. The molecule has 0 bridgehead atoms. The minimum atomic E-state index is -0.296. The Hall–Kier alpha value is -3.55. The Morgan fingerprint density at radius 2 is 1.94 bits per heavy atom. The predicted octanol–water partition coefficient (Wildman–Crippen LogP) is 4.83. The SMILES string of the molecule is C=CC(=O)Nc1cccc(Oc2nc(N(C)c3ccc(N4CCNCC4)cc3)ccc2Cl)c1. The minimum Gasteiger partial charge on any atom is -0.437 e. The molecule has 3 aromatic rings. The first kappa shape index (κ1) is 22.6. The zero-order valence-corrected chi connectivity index (χ0v) is 19.2. The Kier molecular flexibility index (Phi) is 7.12. The van der Waals surface area contributed by atoms with E-state index in [4.69, 9.17) is 16.3 Å². The van der Waals surface area contributed by atoms with Gasteiger partial charge in [0, 0.05) is 56.4 Å². The summed E-state index contributed by atoms with van der Waals surface area (Å²) >= 11 is 6.35. The molecular formula is C25H26ClN5O2. The highest BCUT2D eigenvalue weighted by molar-refractivity contribution is 6.31. The molecule has 33 heavy (non-hydrogen) atoms. The molecule has 1 aromatic heterocycles. The van der Waals surface area contributed by atoms with Crippen molar-refractivity contribution in [3.05, 3.63) is 78.3 Å². The second-order valence-corrected chi connectivity index (χ2v) is 8.00. The molecule has 1 amide bonds. The van der Waals surface area contributed by atoms with Crippen LogP contribution < -0.4 is 25.2 Å². The average Bonchev–Trinajstić information content (AvgIpc) is 2.86. The first-order chi connectivity index (χ1) is 16.0. The third-order valence-electron chi connectivity index (χ3n) is 5.36. The molecule has 1 aliphatic rings. The normalized spacial score (nSPS) is 13.3. The van der Waals surface area contributed by atoms with Gasteiger partial charge < -0.3 is 25.2 Å². The number of hydrogen-bond donors (Lipinski definition) is 2. The number of halogens is 1. The number of carbonyl (C=O) groups excluding carboxylic acids is 1. The molecule has 170 valence electrons. The molecule has 1 aliphatic heterocycles. The van der Waals surface area contributed by atoms with Crippen LogP contribution in [-0.2, 0) is 4.79 Å². The van der Waals surface area contributed by atoms with Crippen LogP contribution in [0.4, 0.5) is 22.9 Å². The van der Waals surface area contributed by atoms with E-state index in [0.29, 0.717) is 22.3 Å². The summed E-state index contributed by atoms with van der Waals surface area (Å²) in [6, 6.07) is 19.0. The lowest BCUT2D eigenvalue weighted by molar-refractivity contribution is -0.111. The number of piperazine rings is 1. The lowest BCUT2D eigenvalue weighted by Gasteiger charge is -2.30. The van der Waals surface area contributed by atoms with Gasteiger partial charge in [0.05, 0.1) is 0 Å². The zero-order valence-electron chi connectivity index (χ0n) is 18.4. The third kappa shape index (κ3) is 5.63. The molecule has 2 N–H and O–H groups in total. The van der Waals surface area contributed by atoms with Gasteiger partial charge in [0.1, 0.15) is 16.6 Å². The van der Waals surface area contributed by atoms with E-state index in [0.717, 1.165) is 31.9 Å². The fourth-order valence-electron chi connectivity index (χ4n) is 3.56. The van der Waals surface area contributed by atoms with Crippen molar-refractivity contribution in [3.8, 4) is 11.6 Å². The van der Waals surface area contributed by atoms with Crippen LogP contribution in [0.2, 0.25) is 5.02 Å². The number of rotatable bonds is 7. The van der Waals surface area contributed by atoms with E-state index < -0.39 is 0 Å². The topological polar surface area (TPSA) is 69.7 Å². The van der Waals surface area contributed by atoms with E-state index in [9.17, 15) is 4.79 Å². The van der Waals surface area contributed by atoms with Gasteiger partial charge in [-0.1, -0.05) is 24.2 Å². The number of nitrogens with zero attached hydrogens (tertiary/aromatic N) is 3. The summed E-state index contributed by atoms with van der Waals surface area (Å²) in [5.74, 6) is 1.19. The van der Waals surface area contributed by atoms with Crippen LogP contribution in [0, 0.1) is 0 Å². The van der Waals surface area contributed by atoms with E-state index in [1.807, 2.05) is 18.0 Å². The van der Waals surface area contributed by atoms with Crippen molar-refractivity contribution < 1.29 is 9.53 Å². The number of hydrogen-bond acceptors (Lipinski definition) is 6. The molecular weight excluding hydrogens is 438 g/mol. The third-order valence-corrected chi connectivity index (χ3v) is 5.65. The first-order valence-electron chi connectivity index (χ1n) is 10.7. The fraction of sp³-hybridized carbons (Fsp3) is 0.200. The minimum absolute atomic E-state index is 0.283. The highest BCUT2D eigenvalue weighted by Gasteiger charge is 2.14. The average molecular weight is 464 g/mol. The van der Waals surface area contributed by atoms with E-state index in [2.05, 4.69) is 51.4 Å². The number of amides is 1. The van der Waals surface area contributed by atoms with Crippen LogP contribution in [0.15, 0.2) is 73.3 Å². The van der Waals surface area contributed by atoms with E-state index in [-0.39, 0.29) is 11.8 Å². The highest BCUT2D eigenvalue weighted by Crippen LogP contribution is 2.33. The first-order valence-corrected chi connectivity index (χ1v) is 11.1. The van der Waals surface area contributed by atoms with Gasteiger partial charge in [-0.15, -0.1) is 0 Å². The van der Waals surface area contributed by atoms with Gasteiger partial charge >= 0.3 is 0 Å². The van der Waals surface area contributed by atoms with Crippen molar-refractivity contribution in [2.75, 3.05) is 48.3 Å². The maximum Gasteiger partial charge on any atom is 0.247 e. The molecule has 4 rings (SSSR count). The van der Waals surface area contributed by atoms with Gasteiger partial charge in [-0.3, -0.25) is 4.79 Å². The summed E-state index contributed by atoms with van der Waals surface area (Å²) in [5.41, 5.74) is 2.81. The second-order valence-electron chi connectivity index (χ2n) is 7.59. The molecule has 0 unspecified atom stereocenters. The Bertz CT molecular complexity index is 1130. The molecule has 0 atom stereocenters. The number of anilines is 4. The Morgan fingerprint density at radius 3 is 2.67 bits per heavy atom. The molecule has 1 fully saturated rings. The maximum absolute atomic E-state index is 11.6. The lowest BCUT2D eigenvalue weighted by atomic mass is 10.2. The summed E-state index contributed by atoms with van der Waals surface area (Å²) in [4.78, 5) is 20.5. The Balaban J connectivity index is 1.50. The molecule has 0 aliphatic carbocycles. The van der Waals surface area contributed by atoms with Crippen LogP contribution >= 0.6 is 11.6 Å². The smallest absolute Gasteiger partial charge is 0.247 e. The fourth-order valence-corrected chi connectivity index (χ4v) is 3.70. The second kappa shape index (κ2) is 10.4. The van der Waals surface area contributed by atoms with Crippen LogP contribution in [0.25, 0.3) is 0 Å². The van der Waals surface area contributed by atoms with Crippen molar-refractivity contribution in [3.63, 3.8) is 0 Å². The molecule has 0 radical (unpaired) electrons. The molecule has 2 aromatic carbocycles. The molecule has 7 nitrogen and oxygen atoms in total. The van der Waals surface area contributed by atoms with Crippen LogP contribution in [0.3, 0.4) is 0 Å². The van der Waals surface area contributed by atoms with Crippen molar-refractivity contribution >= 4 is 40.4 Å². The van der Waals surface area contributed by atoms with E-state index in [1.54, 1.807) is 30.3 Å². The van der Waals surface area contributed by atoms with Gasteiger partial charge in [-0.2, -0.15) is 4.98 Å². The Labute approximate surface area is 198 Å². The van der Waals surface area contributed by atoms with Gasteiger partial charge in [0.15, 0.2) is 0 Å². The number of carbonyl (C=O) groups is 1. The van der Waals surface area contributed by atoms with E-state index in [1.165, 1.54) is 11.8 Å². The predicted molar refractivity (Wildman–Crippen MR) is 134 cm³/mol. The number of nitrogens with one attached hydrogen (secondary N) is 2. The number of ether oxygens (including phenoxy) is 1. The summed E-state index contributed by atoms with van der Waals surface area (Å²) in [6.45, 7) is 7.48. The zero-order chi connectivity index (χ0) is 23.2. The van der Waals surface area contributed by atoms with Crippen molar-refractivity contribution in [2.24, 2.45) is 0 Å². The summed E-state index contributed by atoms with van der Waals surface area (Å²) in [6.07, 6.45) is 1.21. The van der Waals surface area contributed by atoms with Gasteiger partial charge in [-0.25, -0.2) is 0 Å². The van der Waals surface area contributed by atoms with Crippen molar-refractivity contribution in [1.82, 2.24) is 10.3 Å². The molecule has 8 heteroatoms. The summed E-state index contributed by atoms with van der Waals surface area (Å²) < 4.78 is 5.93. The largest absolute Gasteiger partial charge is 0.437 e. The molecule has 0 spiro atoms. The number of aromatic nitrogens is 1. The molecule has 2 heterocycles. The van der Waals surface area contributed by atoms with Crippen molar-refractivity contribution in [2.45, 2.75) is 0 Å². The lowest BCUT2D eigenvalue weighted by Crippen LogP contribution is -2.43. The number of benzene rings is 2. The molecule has 0 saturated carbocycles. The van der Waals surface area contributed by atoms with Crippen LogP contribution in [0.1, 0.15) is 0 Å². The highest BCUT2D eigenvalue weighted by atomic mass is 35.5. The van der Waals surface area contributed by atoms with Gasteiger partial charge in [0.2, 0.25) is 11.8 Å². The van der Waals surface area contributed by atoms with Crippen LogP contribution in [0.5, 0.6) is 11.6 Å². The van der Waals surface area contributed by atoms with Gasteiger partial charge in [-0.05, 0) is 54.6 Å². The van der Waals surface area contributed by atoms with Crippen LogP contribution in [-0.4, -0.2) is 44.1 Å². The van der Waals surface area contributed by atoms with E-state index >= 15 is 0 Å². The summed E-state index contributed by atoms with van der Waals surface area (Å²) in [7, 11) is 1.95. The van der Waals surface area contributed by atoms with Crippen molar-refractivity contribution in [1.29, 1.82) is 0 Å². The summed E-state index contributed by atoms with van der Waals surface area (Å²) in [5, 5.41) is 6.47. The monoisotopic (exact) mass is 463 g/mol. The van der Waals surface area contributed by atoms with Gasteiger partial charge in [0.25, 0.3) is 0 Å². The standard InChI is InChI=1S/C25H26ClN5O2/c1-3-24(32)28-18-5-4-6-21(17-18)33-25-22(26)11-12-23(29-25)30(2)19-7-9-20(10-8-19)31-15-13-27-14-16-31/h3-12,17,27H,1,13-16H2,2H3,(H,28,32). The molecule has 1 saturated heterocycles.